The van der Waals surface area contributed by atoms with E-state index in [1.54, 1.807) is 18.3 Å². The highest BCUT2D eigenvalue weighted by Gasteiger charge is 2.41. The fourth-order valence-corrected chi connectivity index (χ4v) is 3.39. The molecule has 0 aromatic carbocycles. The lowest BCUT2D eigenvalue weighted by Gasteiger charge is -2.38. The Kier molecular flexibility index (Phi) is 5.02. The maximum absolute atomic E-state index is 6.48. The Labute approximate surface area is 142 Å². The third kappa shape index (κ3) is 3.90. The highest BCUT2D eigenvalue weighted by atomic mass is 35.5. The summed E-state index contributed by atoms with van der Waals surface area (Å²) in [6, 6.07) is 3.46. The SMILES string of the molecule is CC(C)(C)[Si](C)(C)OC(c1cc(Cl)nc(Cl)c1)c1ncco1. The van der Waals surface area contributed by atoms with Gasteiger partial charge in [0.1, 0.15) is 22.7 Å². The molecule has 0 radical (unpaired) electrons. The number of hydrogen-bond acceptors (Lipinski definition) is 4. The van der Waals surface area contributed by atoms with Gasteiger partial charge in [0.25, 0.3) is 0 Å². The largest absolute Gasteiger partial charge is 0.446 e. The van der Waals surface area contributed by atoms with Crippen molar-refractivity contribution in [2.45, 2.75) is 45.0 Å². The minimum Gasteiger partial charge on any atom is -0.446 e. The van der Waals surface area contributed by atoms with Crippen molar-refractivity contribution < 1.29 is 8.84 Å². The molecular weight excluding hydrogens is 339 g/mol. The summed E-state index contributed by atoms with van der Waals surface area (Å²) in [7, 11) is -2.05. The quantitative estimate of drug-likeness (QED) is 0.535. The van der Waals surface area contributed by atoms with Gasteiger partial charge in [0.15, 0.2) is 8.32 Å². The van der Waals surface area contributed by atoms with E-state index >= 15 is 0 Å². The van der Waals surface area contributed by atoms with E-state index in [0.29, 0.717) is 16.2 Å². The molecule has 4 nitrogen and oxygen atoms in total. The molecule has 2 rings (SSSR count). The van der Waals surface area contributed by atoms with Gasteiger partial charge < -0.3 is 8.84 Å². The van der Waals surface area contributed by atoms with Crippen LogP contribution in [0.2, 0.25) is 28.4 Å². The minimum absolute atomic E-state index is 0.0540. The maximum Gasteiger partial charge on any atom is 0.226 e. The Morgan fingerprint density at radius 2 is 1.77 bits per heavy atom. The molecule has 2 heterocycles. The van der Waals surface area contributed by atoms with E-state index in [0.717, 1.165) is 5.56 Å². The molecule has 0 saturated carbocycles. The van der Waals surface area contributed by atoms with Crippen LogP contribution < -0.4 is 0 Å². The van der Waals surface area contributed by atoms with E-state index in [4.69, 9.17) is 32.0 Å². The van der Waals surface area contributed by atoms with Crippen molar-refractivity contribution in [1.29, 1.82) is 0 Å². The van der Waals surface area contributed by atoms with Crippen molar-refractivity contribution in [3.05, 3.63) is 46.4 Å². The van der Waals surface area contributed by atoms with Crippen LogP contribution in [0.4, 0.5) is 0 Å². The topological polar surface area (TPSA) is 48.2 Å². The highest BCUT2D eigenvalue weighted by Crippen LogP contribution is 2.41. The number of rotatable bonds is 4. The predicted octanol–water partition coefficient (Wildman–Crippen LogP) is 5.49. The number of aromatic nitrogens is 2. The molecular formula is C15H20Cl2N2O2Si. The second-order valence-electron chi connectivity index (χ2n) is 6.67. The fourth-order valence-electron chi connectivity index (χ4n) is 1.73. The van der Waals surface area contributed by atoms with Crippen LogP contribution in [0.25, 0.3) is 0 Å². The summed E-state index contributed by atoms with van der Waals surface area (Å²) in [6.07, 6.45) is 2.68. The Bertz CT molecular complexity index is 619. The van der Waals surface area contributed by atoms with Gasteiger partial charge in [0, 0.05) is 0 Å². The fraction of sp³-hybridized carbons (Fsp3) is 0.467. The molecule has 0 aliphatic carbocycles. The van der Waals surface area contributed by atoms with E-state index < -0.39 is 14.4 Å². The summed E-state index contributed by atoms with van der Waals surface area (Å²) in [5.41, 5.74) is 0.789. The van der Waals surface area contributed by atoms with Crippen LogP contribution in [0, 0.1) is 0 Å². The lowest BCUT2D eigenvalue weighted by atomic mass is 10.1. The average Bonchev–Trinajstić information content (AvgIpc) is 2.86. The molecule has 0 fully saturated rings. The Hall–Kier alpha value is -0.883. The standard InChI is InChI=1S/C15H20Cl2N2O2Si/c1-15(2,3)22(4,5)21-13(14-18-6-7-20-14)10-8-11(16)19-12(17)9-10/h6-9,13H,1-5H3. The summed E-state index contributed by atoms with van der Waals surface area (Å²) in [4.78, 5) is 8.22. The summed E-state index contributed by atoms with van der Waals surface area (Å²) >= 11 is 12.1. The van der Waals surface area contributed by atoms with E-state index in [1.807, 2.05) is 0 Å². The molecule has 2 aromatic heterocycles. The van der Waals surface area contributed by atoms with Crippen LogP contribution in [0.1, 0.15) is 38.3 Å². The van der Waals surface area contributed by atoms with E-state index in [1.165, 1.54) is 6.26 Å². The molecule has 0 spiro atoms. The minimum atomic E-state index is -2.05. The van der Waals surface area contributed by atoms with E-state index in [9.17, 15) is 0 Å². The third-order valence-corrected chi connectivity index (χ3v) is 8.81. The lowest BCUT2D eigenvalue weighted by molar-refractivity contribution is 0.187. The molecule has 2 aromatic rings. The van der Waals surface area contributed by atoms with E-state index in [2.05, 4.69) is 43.8 Å². The number of pyridine rings is 1. The normalized spacial score (nSPS) is 14.1. The summed E-state index contributed by atoms with van der Waals surface area (Å²) in [5, 5.41) is 0.689. The molecule has 120 valence electrons. The van der Waals surface area contributed by atoms with Crippen LogP contribution in [-0.4, -0.2) is 18.3 Å². The summed E-state index contributed by atoms with van der Waals surface area (Å²) < 4.78 is 11.9. The van der Waals surface area contributed by atoms with Crippen molar-refractivity contribution in [1.82, 2.24) is 9.97 Å². The first-order valence-corrected chi connectivity index (χ1v) is 10.7. The second kappa shape index (κ2) is 6.32. The Morgan fingerprint density at radius 3 is 2.23 bits per heavy atom. The number of oxazole rings is 1. The first-order chi connectivity index (χ1) is 10.1. The average molecular weight is 359 g/mol. The molecule has 1 atom stereocenters. The smallest absolute Gasteiger partial charge is 0.226 e. The molecule has 0 N–H and O–H groups in total. The van der Waals surface area contributed by atoms with Gasteiger partial charge in [0.05, 0.1) is 6.20 Å². The van der Waals surface area contributed by atoms with Gasteiger partial charge in [-0.25, -0.2) is 9.97 Å². The van der Waals surface area contributed by atoms with Gasteiger partial charge >= 0.3 is 0 Å². The van der Waals surface area contributed by atoms with Crippen molar-refractivity contribution in [2.75, 3.05) is 0 Å². The zero-order valence-corrected chi connectivity index (χ0v) is 15.9. The summed E-state index contributed by atoms with van der Waals surface area (Å²) in [6.45, 7) is 10.9. The molecule has 22 heavy (non-hydrogen) atoms. The van der Waals surface area contributed by atoms with Crippen LogP contribution in [-0.2, 0) is 4.43 Å². The Balaban J connectivity index is 2.45. The molecule has 0 aliphatic heterocycles. The maximum atomic E-state index is 6.48. The monoisotopic (exact) mass is 358 g/mol. The van der Waals surface area contributed by atoms with Gasteiger partial charge in [-0.3, -0.25) is 0 Å². The number of halogens is 2. The third-order valence-electron chi connectivity index (χ3n) is 3.98. The van der Waals surface area contributed by atoms with Gasteiger partial charge in [-0.15, -0.1) is 0 Å². The van der Waals surface area contributed by atoms with Crippen molar-refractivity contribution in [3.63, 3.8) is 0 Å². The molecule has 0 saturated heterocycles. The number of nitrogens with zero attached hydrogens (tertiary/aromatic N) is 2. The van der Waals surface area contributed by atoms with Crippen LogP contribution in [0.15, 0.2) is 29.0 Å². The zero-order valence-electron chi connectivity index (χ0n) is 13.4. The second-order valence-corrected chi connectivity index (χ2v) is 12.2. The molecule has 0 aliphatic rings. The molecule has 7 heteroatoms. The first kappa shape index (κ1) is 17.5. The predicted molar refractivity (Wildman–Crippen MR) is 90.9 cm³/mol. The molecule has 0 bridgehead atoms. The number of hydrogen-bond donors (Lipinski definition) is 0. The van der Waals surface area contributed by atoms with Crippen LogP contribution in [0.5, 0.6) is 0 Å². The molecule has 1 unspecified atom stereocenters. The van der Waals surface area contributed by atoms with E-state index in [-0.39, 0.29) is 5.04 Å². The summed E-state index contributed by atoms with van der Waals surface area (Å²) in [5.74, 6) is 0.489. The highest BCUT2D eigenvalue weighted by molar-refractivity contribution is 6.74. The van der Waals surface area contributed by atoms with Crippen molar-refractivity contribution in [2.24, 2.45) is 0 Å². The van der Waals surface area contributed by atoms with Gasteiger partial charge in [-0.05, 0) is 35.8 Å². The van der Waals surface area contributed by atoms with Crippen molar-refractivity contribution >= 4 is 31.5 Å². The zero-order chi connectivity index (χ0) is 16.5. The van der Waals surface area contributed by atoms with Gasteiger partial charge in [-0.2, -0.15) is 0 Å². The first-order valence-electron chi connectivity index (χ1n) is 7.00. The Morgan fingerprint density at radius 1 is 1.18 bits per heavy atom. The van der Waals surface area contributed by atoms with Gasteiger partial charge in [0.2, 0.25) is 5.89 Å². The van der Waals surface area contributed by atoms with Crippen LogP contribution >= 0.6 is 23.2 Å². The van der Waals surface area contributed by atoms with Gasteiger partial charge in [-0.1, -0.05) is 44.0 Å². The van der Waals surface area contributed by atoms with Crippen molar-refractivity contribution in [3.8, 4) is 0 Å². The van der Waals surface area contributed by atoms with Crippen LogP contribution in [0.3, 0.4) is 0 Å². The lowest BCUT2D eigenvalue weighted by Crippen LogP contribution is -2.42. The molecule has 0 amide bonds.